The molecule has 1 aliphatic heterocycles. The largest absolute Gasteiger partial charge is 0.351 e. The third-order valence-corrected chi connectivity index (χ3v) is 4.09. The Morgan fingerprint density at radius 1 is 1.04 bits per heavy atom. The molecule has 3 nitrogen and oxygen atoms in total. The van der Waals surface area contributed by atoms with E-state index in [2.05, 4.69) is 10.6 Å². The molecule has 0 bridgehead atoms. The lowest BCUT2D eigenvalue weighted by Gasteiger charge is -2.31. The van der Waals surface area contributed by atoms with Gasteiger partial charge in [0.05, 0.1) is 17.3 Å². The Bertz CT molecular complexity index is 873. The minimum Gasteiger partial charge on any atom is -0.351 e. The molecule has 1 heterocycles. The van der Waals surface area contributed by atoms with Gasteiger partial charge in [0.15, 0.2) is 10.9 Å². The molecule has 0 fully saturated rings. The van der Waals surface area contributed by atoms with Crippen LogP contribution in [0, 0.1) is 17.5 Å². The van der Waals surface area contributed by atoms with E-state index in [1.165, 1.54) is 37.3 Å². The first-order chi connectivity index (χ1) is 11.9. The molecule has 0 saturated heterocycles. The fourth-order valence-corrected chi connectivity index (χ4v) is 3.01. The van der Waals surface area contributed by atoms with Crippen LogP contribution < -0.4 is 10.6 Å². The van der Waals surface area contributed by atoms with E-state index in [-0.39, 0.29) is 16.2 Å². The maximum absolute atomic E-state index is 14.3. The first-order valence-corrected chi connectivity index (χ1v) is 7.81. The maximum atomic E-state index is 14.3. The van der Waals surface area contributed by atoms with Crippen LogP contribution in [0.5, 0.6) is 0 Å². The van der Waals surface area contributed by atoms with Gasteiger partial charge >= 0.3 is 0 Å². The van der Waals surface area contributed by atoms with Gasteiger partial charge in [0.2, 0.25) is 0 Å². The van der Waals surface area contributed by atoms with Crippen molar-refractivity contribution in [3.63, 3.8) is 0 Å². The average Bonchev–Trinajstić information content (AvgIpc) is 2.54. The molecule has 3 rings (SSSR count). The molecule has 0 unspecified atom stereocenters. The molecule has 0 radical (unpaired) electrons. The average molecular weight is 362 g/mol. The Morgan fingerprint density at radius 2 is 1.64 bits per heavy atom. The summed E-state index contributed by atoms with van der Waals surface area (Å²) in [6.45, 7) is 1.29. The first-order valence-electron chi connectivity index (χ1n) is 7.41. The summed E-state index contributed by atoms with van der Waals surface area (Å²) in [6, 6.07) is 7.75. The molecular formula is C18H13F3N2OS. The van der Waals surface area contributed by atoms with Crippen molar-refractivity contribution in [3.8, 4) is 0 Å². The number of carbonyl (C=O) groups is 1. The van der Waals surface area contributed by atoms with E-state index in [9.17, 15) is 18.0 Å². The molecule has 25 heavy (non-hydrogen) atoms. The van der Waals surface area contributed by atoms with Gasteiger partial charge in [-0.1, -0.05) is 6.07 Å². The van der Waals surface area contributed by atoms with E-state index < -0.39 is 29.3 Å². The summed E-state index contributed by atoms with van der Waals surface area (Å²) in [5, 5.41) is 5.69. The number of carbonyl (C=O) groups excluding carboxylic acids is 1. The van der Waals surface area contributed by atoms with Crippen LogP contribution in [0.15, 0.2) is 48.0 Å². The molecular weight excluding hydrogens is 349 g/mol. The number of ketones is 1. The van der Waals surface area contributed by atoms with Crippen LogP contribution >= 0.6 is 12.2 Å². The Labute approximate surface area is 147 Å². The van der Waals surface area contributed by atoms with Crippen molar-refractivity contribution in [2.75, 3.05) is 0 Å². The van der Waals surface area contributed by atoms with Gasteiger partial charge in [-0.3, -0.25) is 4.79 Å². The highest BCUT2D eigenvalue weighted by Crippen LogP contribution is 2.34. The standard InChI is InChI=1S/C18H13F3N2OS/c1-9(24)14-16(10-5-7-11(19)8-6-10)22-18(25)23-17(14)15-12(20)3-2-4-13(15)21/h2-8,17H,1H3,(H2,22,23,25)/t17-/m0/s1. The van der Waals surface area contributed by atoms with Crippen LogP contribution in [0.4, 0.5) is 13.2 Å². The first kappa shape index (κ1) is 17.2. The summed E-state index contributed by atoms with van der Waals surface area (Å²) >= 11 is 5.12. The maximum Gasteiger partial charge on any atom is 0.171 e. The summed E-state index contributed by atoms with van der Waals surface area (Å²) in [6.07, 6.45) is 0. The monoisotopic (exact) mass is 362 g/mol. The fourth-order valence-electron chi connectivity index (χ4n) is 2.79. The van der Waals surface area contributed by atoms with Crippen LogP contribution in [0.1, 0.15) is 24.1 Å². The van der Waals surface area contributed by atoms with Crippen LogP contribution in [0.2, 0.25) is 0 Å². The highest BCUT2D eigenvalue weighted by molar-refractivity contribution is 7.80. The molecule has 0 aliphatic carbocycles. The zero-order chi connectivity index (χ0) is 18.1. The van der Waals surface area contributed by atoms with Crippen molar-refractivity contribution in [2.24, 2.45) is 0 Å². The van der Waals surface area contributed by atoms with E-state index in [0.717, 1.165) is 12.1 Å². The number of hydrogen-bond donors (Lipinski definition) is 2. The quantitative estimate of drug-likeness (QED) is 0.819. The molecule has 7 heteroatoms. The van der Waals surface area contributed by atoms with Crippen LogP contribution in [-0.2, 0) is 4.79 Å². The van der Waals surface area contributed by atoms with Crippen LogP contribution in [0.25, 0.3) is 5.70 Å². The lowest BCUT2D eigenvalue weighted by atomic mass is 9.90. The smallest absolute Gasteiger partial charge is 0.171 e. The topological polar surface area (TPSA) is 41.1 Å². The number of benzene rings is 2. The number of halogens is 3. The van der Waals surface area contributed by atoms with Gasteiger partial charge in [-0.15, -0.1) is 0 Å². The van der Waals surface area contributed by atoms with Gasteiger partial charge in [-0.05, 0) is 61.1 Å². The number of thiocarbonyl (C=S) groups is 1. The SMILES string of the molecule is CC(=O)C1=C(c2ccc(F)cc2)NC(=S)N[C@@H]1c1c(F)cccc1F. The molecule has 1 aliphatic rings. The van der Waals surface area contributed by atoms with Crippen molar-refractivity contribution < 1.29 is 18.0 Å². The molecule has 2 aromatic carbocycles. The zero-order valence-corrected chi connectivity index (χ0v) is 13.9. The molecule has 2 N–H and O–H groups in total. The molecule has 0 aromatic heterocycles. The summed E-state index contributed by atoms with van der Waals surface area (Å²) < 4.78 is 41.7. The van der Waals surface area contributed by atoms with Crippen molar-refractivity contribution in [1.82, 2.24) is 10.6 Å². The summed E-state index contributed by atoms with van der Waals surface area (Å²) in [4.78, 5) is 12.3. The van der Waals surface area contributed by atoms with E-state index >= 15 is 0 Å². The van der Waals surface area contributed by atoms with E-state index in [0.29, 0.717) is 11.3 Å². The van der Waals surface area contributed by atoms with Crippen molar-refractivity contribution >= 4 is 28.8 Å². The molecule has 2 aromatic rings. The van der Waals surface area contributed by atoms with Gasteiger partial charge in [-0.2, -0.15) is 0 Å². The second-order valence-electron chi connectivity index (χ2n) is 5.52. The van der Waals surface area contributed by atoms with Gasteiger partial charge in [-0.25, -0.2) is 13.2 Å². The number of rotatable bonds is 3. The highest BCUT2D eigenvalue weighted by atomic mass is 32.1. The Hall–Kier alpha value is -2.67. The molecule has 0 saturated carbocycles. The second-order valence-corrected chi connectivity index (χ2v) is 5.93. The minimum atomic E-state index is -1.09. The highest BCUT2D eigenvalue weighted by Gasteiger charge is 2.33. The minimum absolute atomic E-state index is 0.108. The lowest BCUT2D eigenvalue weighted by Crippen LogP contribution is -2.45. The summed E-state index contributed by atoms with van der Waals surface area (Å²) in [7, 11) is 0. The molecule has 1 atom stereocenters. The van der Waals surface area contributed by atoms with E-state index in [1.54, 1.807) is 0 Å². The predicted octanol–water partition coefficient (Wildman–Crippen LogP) is 3.62. The second kappa shape index (κ2) is 6.68. The third-order valence-electron chi connectivity index (χ3n) is 3.87. The number of hydrogen-bond acceptors (Lipinski definition) is 2. The normalized spacial score (nSPS) is 17.1. The molecule has 0 spiro atoms. The number of nitrogens with one attached hydrogen (secondary N) is 2. The van der Waals surface area contributed by atoms with Crippen molar-refractivity contribution in [1.29, 1.82) is 0 Å². The fraction of sp³-hybridized carbons (Fsp3) is 0.111. The van der Waals surface area contributed by atoms with Crippen LogP contribution in [0.3, 0.4) is 0 Å². The van der Waals surface area contributed by atoms with E-state index in [4.69, 9.17) is 12.2 Å². The summed E-state index contributed by atoms with van der Waals surface area (Å²) in [5.74, 6) is -2.42. The lowest BCUT2D eigenvalue weighted by molar-refractivity contribution is -0.113. The van der Waals surface area contributed by atoms with Gasteiger partial charge in [0.1, 0.15) is 17.5 Å². The van der Waals surface area contributed by atoms with E-state index in [1.807, 2.05) is 0 Å². The Balaban J connectivity index is 2.24. The Morgan fingerprint density at radius 3 is 2.20 bits per heavy atom. The van der Waals surface area contributed by atoms with Crippen LogP contribution in [-0.4, -0.2) is 10.9 Å². The van der Waals surface area contributed by atoms with Gasteiger partial charge in [0, 0.05) is 5.57 Å². The van der Waals surface area contributed by atoms with Gasteiger partial charge < -0.3 is 10.6 Å². The number of Topliss-reactive ketones (excluding diaryl/α,β-unsaturated/α-hetero) is 1. The Kier molecular flexibility index (Phi) is 4.59. The zero-order valence-electron chi connectivity index (χ0n) is 13.1. The van der Waals surface area contributed by atoms with Crippen molar-refractivity contribution in [3.05, 3.63) is 76.6 Å². The molecule has 0 amide bonds. The van der Waals surface area contributed by atoms with Crippen molar-refractivity contribution in [2.45, 2.75) is 13.0 Å². The third kappa shape index (κ3) is 3.28. The predicted molar refractivity (Wildman–Crippen MR) is 92.0 cm³/mol. The summed E-state index contributed by atoms with van der Waals surface area (Å²) in [5.41, 5.74) is 0.599. The van der Waals surface area contributed by atoms with Gasteiger partial charge in [0.25, 0.3) is 0 Å². The molecule has 128 valence electrons.